The molecule has 5 N–H and O–H groups in total. The number of urea groups is 1. The van der Waals surface area contributed by atoms with Crippen LogP contribution in [0.1, 0.15) is 19.2 Å². The van der Waals surface area contributed by atoms with E-state index in [9.17, 15) is 14.7 Å². The maximum atomic E-state index is 11.3. The fourth-order valence-corrected chi connectivity index (χ4v) is 1.28. The Labute approximate surface area is 110 Å². The molecule has 0 fully saturated rings. The van der Waals surface area contributed by atoms with Gasteiger partial charge in [-0.1, -0.05) is 0 Å². The second-order valence-electron chi connectivity index (χ2n) is 4.33. The number of nitrogens with one attached hydrogen (secondary N) is 3. The number of aliphatic carboxylic acids is 1. The second kappa shape index (κ2) is 6.74. The molecular formula is C11H18N4O4. The van der Waals surface area contributed by atoms with Gasteiger partial charge < -0.3 is 25.8 Å². The van der Waals surface area contributed by atoms with Gasteiger partial charge in [-0.2, -0.15) is 0 Å². The highest BCUT2D eigenvalue weighted by Gasteiger charge is 2.30. The highest BCUT2D eigenvalue weighted by atomic mass is 16.4. The van der Waals surface area contributed by atoms with Gasteiger partial charge in [0.1, 0.15) is 5.82 Å². The first kappa shape index (κ1) is 15.0. The average Bonchev–Trinajstić information content (AvgIpc) is 2.85. The first-order valence-electron chi connectivity index (χ1n) is 5.87. The number of amides is 2. The minimum absolute atomic E-state index is 0.355. The largest absolute Gasteiger partial charge is 0.479 e. The summed E-state index contributed by atoms with van der Waals surface area (Å²) in [6.07, 6.45) is 4.79. The summed E-state index contributed by atoms with van der Waals surface area (Å²) < 4.78 is 0. The summed E-state index contributed by atoms with van der Waals surface area (Å²) in [6.45, 7) is 1.20. The summed E-state index contributed by atoms with van der Waals surface area (Å²) >= 11 is 0. The van der Waals surface area contributed by atoms with Crippen LogP contribution in [0.25, 0.3) is 0 Å². The Morgan fingerprint density at radius 2 is 2.21 bits per heavy atom. The van der Waals surface area contributed by atoms with Gasteiger partial charge in [0.25, 0.3) is 0 Å². The number of aryl methyl sites for hydroxylation is 1. The Kier molecular flexibility index (Phi) is 5.31. The predicted octanol–water partition coefficient (Wildman–Crippen LogP) is -0.523. The van der Waals surface area contributed by atoms with Gasteiger partial charge >= 0.3 is 12.0 Å². The number of hydrogen-bond donors (Lipinski definition) is 5. The summed E-state index contributed by atoms with van der Waals surface area (Å²) in [5.74, 6) is -0.540. The fraction of sp³-hybridized carbons (Fsp3) is 0.545. The molecule has 106 valence electrons. The van der Waals surface area contributed by atoms with Gasteiger partial charge in [-0.05, 0) is 13.3 Å². The Bertz CT molecular complexity index is 416. The van der Waals surface area contributed by atoms with Crippen molar-refractivity contribution in [2.45, 2.75) is 25.4 Å². The number of carboxylic acids is 1. The smallest absolute Gasteiger partial charge is 0.337 e. The van der Waals surface area contributed by atoms with Crippen LogP contribution in [0.4, 0.5) is 4.79 Å². The molecule has 2 amide bonds. The van der Waals surface area contributed by atoms with Crippen molar-refractivity contribution in [2.24, 2.45) is 0 Å². The second-order valence-corrected chi connectivity index (χ2v) is 4.33. The van der Waals surface area contributed by atoms with E-state index in [1.54, 1.807) is 12.4 Å². The van der Waals surface area contributed by atoms with Gasteiger partial charge in [-0.15, -0.1) is 0 Å². The van der Waals surface area contributed by atoms with E-state index in [2.05, 4.69) is 20.6 Å². The summed E-state index contributed by atoms with van der Waals surface area (Å²) in [5, 5.41) is 22.9. The van der Waals surface area contributed by atoms with E-state index < -0.39 is 17.6 Å². The first-order valence-corrected chi connectivity index (χ1v) is 5.87. The lowest BCUT2D eigenvalue weighted by atomic mass is 10.1. The van der Waals surface area contributed by atoms with E-state index in [4.69, 9.17) is 5.11 Å². The quantitative estimate of drug-likeness (QED) is 0.426. The topological polar surface area (TPSA) is 127 Å². The van der Waals surface area contributed by atoms with Gasteiger partial charge in [0.15, 0.2) is 5.60 Å². The summed E-state index contributed by atoms with van der Waals surface area (Å²) in [5.41, 5.74) is -1.97. The van der Waals surface area contributed by atoms with Gasteiger partial charge in [-0.25, -0.2) is 14.6 Å². The maximum Gasteiger partial charge on any atom is 0.337 e. The van der Waals surface area contributed by atoms with Crippen LogP contribution in [-0.4, -0.2) is 50.9 Å². The lowest BCUT2D eigenvalue weighted by Crippen LogP contribution is -2.49. The monoisotopic (exact) mass is 270 g/mol. The number of carbonyl (C=O) groups is 2. The van der Waals surface area contributed by atoms with Crippen molar-refractivity contribution in [3.05, 3.63) is 18.2 Å². The third-order valence-electron chi connectivity index (χ3n) is 2.48. The van der Waals surface area contributed by atoms with Crippen LogP contribution >= 0.6 is 0 Å². The number of aromatic nitrogens is 2. The van der Waals surface area contributed by atoms with E-state index >= 15 is 0 Å². The molecule has 0 saturated heterocycles. The lowest BCUT2D eigenvalue weighted by molar-refractivity contribution is -0.155. The van der Waals surface area contributed by atoms with Crippen LogP contribution in [-0.2, 0) is 11.2 Å². The van der Waals surface area contributed by atoms with Crippen LogP contribution in [0.15, 0.2) is 12.4 Å². The average molecular weight is 270 g/mol. The van der Waals surface area contributed by atoms with Crippen molar-refractivity contribution in [2.75, 3.05) is 13.1 Å². The molecule has 8 heteroatoms. The molecule has 1 rings (SSSR count). The van der Waals surface area contributed by atoms with Crippen molar-refractivity contribution in [3.63, 3.8) is 0 Å². The normalized spacial score (nSPS) is 13.6. The van der Waals surface area contributed by atoms with E-state index in [1.807, 2.05) is 0 Å². The van der Waals surface area contributed by atoms with Crippen molar-refractivity contribution < 1.29 is 19.8 Å². The SMILES string of the molecule is CC(O)(CNC(=O)NCCCc1ncc[nH]1)C(=O)O. The van der Waals surface area contributed by atoms with Crippen molar-refractivity contribution in [3.8, 4) is 0 Å². The zero-order valence-corrected chi connectivity index (χ0v) is 10.6. The molecular weight excluding hydrogens is 252 g/mol. The summed E-state index contributed by atoms with van der Waals surface area (Å²) in [7, 11) is 0. The van der Waals surface area contributed by atoms with Gasteiger partial charge in [0.2, 0.25) is 0 Å². The number of imidazole rings is 1. The molecule has 0 aliphatic rings. The molecule has 1 heterocycles. The Morgan fingerprint density at radius 1 is 1.47 bits per heavy atom. The zero-order valence-electron chi connectivity index (χ0n) is 10.6. The number of aromatic amines is 1. The van der Waals surface area contributed by atoms with Crippen LogP contribution < -0.4 is 10.6 Å². The minimum Gasteiger partial charge on any atom is -0.479 e. The van der Waals surface area contributed by atoms with Gasteiger partial charge in [0, 0.05) is 25.4 Å². The van der Waals surface area contributed by atoms with Gasteiger partial charge in [0.05, 0.1) is 6.54 Å². The van der Waals surface area contributed by atoms with E-state index in [-0.39, 0.29) is 6.54 Å². The highest BCUT2D eigenvalue weighted by molar-refractivity contribution is 5.79. The molecule has 0 radical (unpaired) electrons. The van der Waals surface area contributed by atoms with E-state index in [1.165, 1.54) is 0 Å². The lowest BCUT2D eigenvalue weighted by Gasteiger charge is -2.18. The summed E-state index contributed by atoms with van der Waals surface area (Å²) in [4.78, 5) is 28.9. The molecule has 1 atom stereocenters. The first-order chi connectivity index (χ1) is 8.92. The van der Waals surface area contributed by atoms with Crippen molar-refractivity contribution in [1.29, 1.82) is 0 Å². The number of carboxylic acid groups (broad SMARTS) is 1. The Hall–Kier alpha value is -2.09. The number of carbonyl (C=O) groups excluding carboxylic acids is 1. The molecule has 0 aromatic carbocycles. The van der Waals surface area contributed by atoms with Crippen LogP contribution in [0.2, 0.25) is 0 Å². The number of aliphatic hydroxyl groups is 1. The Morgan fingerprint density at radius 3 is 2.79 bits per heavy atom. The molecule has 0 saturated carbocycles. The standard InChI is InChI=1S/C11H18N4O4/c1-11(19,9(16)17)7-15-10(18)14-4-2-3-8-12-5-6-13-8/h5-6,19H,2-4,7H2,1H3,(H,12,13)(H,16,17)(H2,14,15,18). The molecule has 0 spiro atoms. The van der Waals surface area contributed by atoms with Crippen LogP contribution in [0.3, 0.4) is 0 Å². The van der Waals surface area contributed by atoms with Crippen LogP contribution in [0.5, 0.6) is 0 Å². The van der Waals surface area contributed by atoms with Crippen molar-refractivity contribution in [1.82, 2.24) is 20.6 Å². The molecule has 1 aromatic heterocycles. The number of rotatable bonds is 7. The van der Waals surface area contributed by atoms with Crippen LogP contribution in [0, 0.1) is 0 Å². The fourth-order valence-electron chi connectivity index (χ4n) is 1.28. The number of H-pyrrole nitrogens is 1. The molecule has 0 aliphatic heterocycles. The molecule has 0 bridgehead atoms. The van der Waals surface area contributed by atoms with E-state index in [0.717, 1.165) is 12.7 Å². The predicted molar refractivity (Wildman–Crippen MR) is 66.6 cm³/mol. The third-order valence-corrected chi connectivity index (χ3v) is 2.48. The van der Waals surface area contributed by atoms with Gasteiger partial charge in [-0.3, -0.25) is 0 Å². The Balaban J connectivity index is 2.13. The maximum absolute atomic E-state index is 11.3. The zero-order chi connectivity index (χ0) is 14.3. The van der Waals surface area contributed by atoms with E-state index in [0.29, 0.717) is 19.4 Å². The molecule has 19 heavy (non-hydrogen) atoms. The number of nitrogens with zero attached hydrogens (tertiary/aromatic N) is 1. The van der Waals surface area contributed by atoms with Crippen molar-refractivity contribution >= 4 is 12.0 Å². The molecule has 1 unspecified atom stereocenters. The third kappa shape index (κ3) is 5.38. The number of hydrogen-bond acceptors (Lipinski definition) is 4. The molecule has 1 aromatic rings. The minimum atomic E-state index is -1.97. The molecule has 0 aliphatic carbocycles. The summed E-state index contributed by atoms with van der Waals surface area (Å²) in [6, 6.07) is -0.513. The molecule has 8 nitrogen and oxygen atoms in total. The highest BCUT2D eigenvalue weighted by Crippen LogP contribution is 2.00.